The van der Waals surface area contributed by atoms with Crippen LogP contribution in [0.5, 0.6) is 0 Å². The second kappa shape index (κ2) is 4.16. The van der Waals surface area contributed by atoms with Crippen LogP contribution in [0.4, 0.5) is 22.0 Å². The molecule has 1 aromatic carbocycles. The fraction of sp³-hybridized carbons (Fsp3) is 0. The van der Waals surface area contributed by atoms with Gasteiger partial charge in [0.1, 0.15) is 4.90 Å². The molecule has 1 aromatic rings. The van der Waals surface area contributed by atoms with E-state index in [1.165, 1.54) is 0 Å². The molecule has 0 aliphatic rings. The first-order chi connectivity index (χ1) is 6.68. The van der Waals surface area contributed by atoms with Crippen molar-refractivity contribution >= 4 is 39.7 Å². The molecule has 0 heterocycles. The minimum absolute atomic E-state index is 1.41. The van der Waals surface area contributed by atoms with Crippen LogP contribution in [0.15, 0.2) is 4.90 Å². The van der Waals surface area contributed by atoms with E-state index in [0.717, 1.165) is 0 Å². The lowest BCUT2D eigenvalue weighted by molar-refractivity contribution is 0.361. The second-order valence-electron chi connectivity index (χ2n) is 2.31. The maximum Gasteiger partial charge on any atom is 0.200 e. The number of rotatable bonds is 1. The lowest BCUT2D eigenvalue weighted by atomic mass is 10.3. The smallest absolute Gasteiger partial charge is 0.200 e. The number of hydrogen-bond acceptors (Lipinski definition) is 0. The summed E-state index contributed by atoms with van der Waals surface area (Å²) in [5, 5.41) is 0. The molecule has 9 heteroatoms. The van der Waals surface area contributed by atoms with E-state index in [1.54, 1.807) is 0 Å². The van der Waals surface area contributed by atoms with Gasteiger partial charge in [0.05, 0.1) is 0 Å². The van der Waals surface area contributed by atoms with Gasteiger partial charge >= 0.3 is 0 Å². The van der Waals surface area contributed by atoms with Crippen LogP contribution in [0.2, 0.25) is 0 Å². The number of benzene rings is 1. The Morgan fingerprint density at radius 1 is 0.600 bits per heavy atom. The molecule has 0 N–H and O–H groups in total. The Kier molecular flexibility index (Phi) is 3.65. The van der Waals surface area contributed by atoms with Crippen LogP contribution in [-0.2, 0) is 0 Å². The molecule has 0 amide bonds. The fourth-order valence-electron chi connectivity index (χ4n) is 0.788. The molecule has 1 rings (SSSR count). The van der Waals surface area contributed by atoms with Crippen molar-refractivity contribution in [2.45, 2.75) is 4.90 Å². The topological polar surface area (TPSA) is 0 Å². The average molecular weight is 305 g/mol. The van der Waals surface area contributed by atoms with Gasteiger partial charge in [-0.05, 0) is 32.0 Å². The molecule has 0 saturated carbocycles. The maximum atomic E-state index is 12.9. The Bertz CT molecular complexity index is 387. The van der Waals surface area contributed by atoms with Gasteiger partial charge < -0.3 is 0 Å². The monoisotopic (exact) mass is 304 g/mol. The molecule has 0 unspecified atom stereocenters. The van der Waals surface area contributed by atoms with Gasteiger partial charge in [-0.2, -0.15) is 0 Å². The van der Waals surface area contributed by atoms with Crippen LogP contribution < -0.4 is 0 Å². The standard InChI is InChI=1S/C6Cl3F5S/c7-15(8,9)6-4(13)2(11)1(10)3(12)5(6)14. The van der Waals surface area contributed by atoms with E-state index in [4.69, 9.17) is 32.0 Å². The third kappa shape index (κ3) is 2.27. The Labute approximate surface area is 95.7 Å². The van der Waals surface area contributed by atoms with Crippen molar-refractivity contribution in [1.29, 1.82) is 0 Å². The van der Waals surface area contributed by atoms with Gasteiger partial charge in [0, 0.05) is 7.67 Å². The molecule has 0 radical (unpaired) electrons. The first-order valence-corrected chi connectivity index (χ1v) is 7.22. The van der Waals surface area contributed by atoms with Crippen molar-refractivity contribution in [3.63, 3.8) is 0 Å². The second-order valence-corrected chi connectivity index (χ2v) is 9.11. The summed E-state index contributed by atoms with van der Waals surface area (Å²) >= 11 is 0. The summed E-state index contributed by atoms with van der Waals surface area (Å²) in [6.45, 7) is 0. The zero-order chi connectivity index (χ0) is 12.0. The summed E-state index contributed by atoms with van der Waals surface area (Å²) in [4.78, 5) is -1.41. The van der Waals surface area contributed by atoms with E-state index in [0.29, 0.717) is 0 Å². The van der Waals surface area contributed by atoms with E-state index >= 15 is 0 Å². The average Bonchev–Trinajstić information content (AvgIpc) is 2.09. The van der Waals surface area contributed by atoms with Crippen molar-refractivity contribution in [1.82, 2.24) is 0 Å². The highest BCUT2D eigenvalue weighted by atomic mass is 36.2. The molecular formula is C6Cl3F5S. The van der Waals surface area contributed by atoms with Crippen molar-refractivity contribution in [2.24, 2.45) is 0 Å². The lowest BCUT2D eigenvalue weighted by Gasteiger charge is -2.17. The van der Waals surface area contributed by atoms with Crippen LogP contribution >= 0.6 is 39.7 Å². The summed E-state index contributed by atoms with van der Waals surface area (Å²) in [6, 6.07) is 0. The van der Waals surface area contributed by atoms with Crippen molar-refractivity contribution < 1.29 is 22.0 Å². The van der Waals surface area contributed by atoms with Crippen molar-refractivity contribution in [3.8, 4) is 0 Å². The lowest BCUT2D eigenvalue weighted by Crippen LogP contribution is -2.04. The highest BCUT2D eigenvalue weighted by Gasteiger charge is 2.34. The molecular weight excluding hydrogens is 305 g/mol. The Morgan fingerprint density at radius 2 is 0.867 bits per heavy atom. The van der Waals surface area contributed by atoms with Gasteiger partial charge in [-0.1, -0.05) is 0 Å². The van der Waals surface area contributed by atoms with E-state index in [1.807, 2.05) is 0 Å². The summed E-state index contributed by atoms with van der Waals surface area (Å²) in [6.07, 6.45) is 0. The molecule has 0 fully saturated rings. The van der Waals surface area contributed by atoms with Crippen molar-refractivity contribution in [2.75, 3.05) is 0 Å². The molecule has 0 bridgehead atoms. The molecule has 0 aliphatic heterocycles. The summed E-state index contributed by atoms with van der Waals surface area (Å²) in [7, 11) is 11.8. The predicted octanol–water partition coefficient (Wildman–Crippen LogP) is 5.01. The van der Waals surface area contributed by atoms with E-state index < -0.39 is 41.7 Å². The Morgan fingerprint density at radius 3 is 1.13 bits per heavy atom. The van der Waals surface area contributed by atoms with Gasteiger partial charge in [-0.3, -0.25) is 0 Å². The van der Waals surface area contributed by atoms with E-state index in [-0.39, 0.29) is 0 Å². The highest BCUT2D eigenvalue weighted by Crippen LogP contribution is 2.70. The Hall–Kier alpha value is 0.0900. The normalized spacial score (nSPS) is 13.1. The number of hydrogen-bond donors (Lipinski definition) is 0. The van der Waals surface area contributed by atoms with E-state index in [9.17, 15) is 22.0 Å². The molecule has 0 atom stereocenters. The first-order valence-electron chi connectivity index (χ1n) is 3.11. The van der Waals surface area contributed by atoms with Crippen LogP contribution in [0.1, 0.15) is 0 Å². The summed E-state index contributed by atoms with van der Waals surface area (Å²) in [5.74, 6) is -10.8. The van der Waals surface area contributed by atoms with Crippen LogP contribution in [0.3, 0.4) is 0 Å². The third-order valence-corrected chi connectivity index (χ3v) is 3.61. The van der Waals surface area contributed by atoms with Gasteiger partial charge in [0.2, 0.25) is 5.82 Å². The zero-order valence-electron chi connectivity index (χ0n) is 6.43. The van der Waals surface area contributed by atoms with Gasteiger partial charge in [0.15, 0.2) is 23.3 Å². The molecule has 0 nitrogen and oxygen atoms in total. The largest absolute Gasteiger partial charge is 0.202 e. The fourth-order valence-corrected chi connectivity index (χ4v) is 2.59. The van der Waals surface area contributed by atoms with Gasteiger partial charge in [-0.25, -0.2) is 22.0 Å². The maximum absolute atomic E-state index is 12.9. The quantitative estimate of drug-likeness (QED) is 0.389. The van der Waals surface area contributed by atoms with Crippen LogP contribution in [0.25, 0.3) is 0 Å². The highest BCUT2D eigenvalue weighted by molar-refractivity contribution is 8.79. The Balaban J connectivity index is 3.68. The summed E-state index contributed by atoms with van der Waals surface area (Å²) in [5.41, 5.74) is 0. The van der Waals surface area contributed by atoms with Crippen molar-refractivity contribution in [3.05, 3.63) is 29.1 Å². The predicted molar refractivity (Wildman–Crippen MR) is 49.6 cm³/mol. The van der Waals surface area contributed by atoms with Crippen LogP contribution in [0, 0.1) is 29.1 Å². The van der Waals surface area contributed by atoms with E-state index in [2.05, 4.69) is 0 Å². The zero-order valence-corrected chi connectivity index (χ0v) is 9.52. The van der Waals surface area contributed by atoms with Gasteiger partial charge in [-0.15, -0.1) is 0 Å². The minimum Gasteiger partial charge on any atom is -0.202 e. The van der Waals surface area contributed by atoms with Gasteiger partial charge in [0.25, 0.3) is 0 Å². The minimum atomic E-state index is -3.61. The summed E-state index contributed by atoms with van der Waals surface area (Å²) < 4.78 is 63.6. The molecule has 86 valence electrons. The molecule has 0 spiro atoms. The number of halogens is 8. The molecule has 0 aliphatic carbocycles. The van der Waals surface area contributed by atoms with Crippen LogP contribution in [-0.4, -0.2) is 0 Å². The molecule has 0 aromatic heterocycles. The molecule has 0 saturated heterocycles. The third-order valence-electron chi connectivity index (χ3n) is 1.40. The SMILES string of the molecule is Fc1c(F)c(F)c(S(Cl)(Cl)Cl)c(F)c1F. The first kappa shape index (κ1) is 13.2. The molecule has 15 heavy (non-hydrogen) atoms.